The molecule has 0 aliphatic carbocycles. The van der Waals surface area contributed by atoms with E-state index in [0.717, 1.165) is 25.7 Å². The highest BCUT2D eigenvalue weighted by molar-refractivity contribution is 4.89. The van der Waals surface area contributed by atoms with Crippen LogP contribution in [0.2, 0.25) is 0 Å². The molecule has 0 bridgehead atoms. The van der Waals surface area contributed by atoms with Gasteiger partial charge in [-0.1, -0.05) is 30.4 Å². The molecule has 0 heterocycles. The Labute approximate surface area is 99.6 Å². The number of ether oxygens (including phenoxy) is 2. The molecule has 0 N–H and O–H groups in total. The summed E-state index contributed by atoms with van der Waals surface area (Å²) in [5.41, 5.74) is 0. The van der Waals surface area contributed by atoms with E-state index < -0.39 is 0 Å². The molecule has 0 spiro atoms. The van der Waals surface area contributed by atoms with E-state index >= 15 is 0 Å². The molecule has 0 aromatic heterocycles. The van der Waals surface area contributed by atoms with Crippen LogP contribution in [0.1, 0.15) is 25.7 Å². The van der Waals surface area contributed by atoms with E-state index in [0.29, 0.717) is 6.61 Å². The minimum atomic E-state index is 0.186. The van der Waals surface area contributed by atoms with Crippen LogP contribution >= 0.6 is 0 Å². The van der Waals surface area contributed by atoms with Gasteiger partial charge < -0.3 is 9.47 Å². The zero-order chi connectivity index (χ0) is 12.1. The maximum Gasteiger partial charge on any atom is 0.0752 e. The predicted molar refractivity (Wildman–Crippen MR) is 69.6 cm³/mol. The molecule has 0 aliphatic heterocycles. The average Bonchev–Trinajstić information content (AvgIpc) is 2.32. The third kappa shape index (κ3) is 9.69. The molecule has 92 valence electrons. The lowest BCUT2D eigenvalue weighted by atomic mass is 10.1. The first-order valence-corrected chi connectivity index (χ1v) is 5.79. The largest absolute Gasteiger partial charge is 0.381 e. The van der Waals surface area contributed by atoms with Crippen molar-refractivity contribution in [1.82, 2.24) is 0 Å². The molecule has 2 nitrogen and oxygen atoms in total. The van der Waals surface area contributed by atoms with Crippen LogP contribution in [-0.4, -0.2) is 26.9 Å². The summed E-state index contributed by atoms with van der Waals surface area (Å²) in [7, 11) is 3.42. The van der Waals surface area contributed by atoms with Crippen molar-refractivity contribution in [3.8, 4) is 0 Å². The van der Waals surface area contributed by atoms with Gasteiger partial charge in [0, 0.05) is 14.2 Å². The average molecular weight is 224 g/mol. The van der Waals surface area contributed by atoms with Crippen LogP contribution in [0.5, 0.6) is 0 Å². The van der Waals surface area contributed by atoms with Gasteiger partial charge in [0.25, 0.3) is 0 Å². The van der Waals surface area contributed by atoms with Gasteiger partial charge in [-0.25, -0.2) is 0 Å². The lowest BCUT2D eigenvalue weighted by Crippen LogP contribution is -2.04. The maximum atomic E-state index is 5.19. The Morgan fingerprint density at radius 2 is 1.62 bits per heavy atom. The molecule has 0 aromatic carbocycles. The molecule has 2 heteroatoms. The molecule has 0 radical (unpaired) electrons. The van der Waals surface area contributed by atoms with Gasteiger partial charge in [0.15, 0.2) is 0 Å². The number of unbranched alkanes of at least 4 members (excludes halogenated alkanes) is 1. The molecule has 0 amide bonds. The van der Waals surface area contributed by atoms with Gasteiger partial charge in [-0.2, -0.15) is 0 Å². The van der Waals surface area contributed by atoms with Crippen LogP contribution in [0.15, 0.2) is 37.0 Å². The Bertz CT molecular complexity index is 207. The Hall–Kier alpha value is -0.860. The Balaban J connectivity index is 3.37. The summed E-state index contributed by atoms with van der Waals surface area (Å²) in [6.07, 6.45) is 14.9. The first-order chi connectivity index (χ1) is 7.85. The van der Waals surface area contributed by atoms with Crippen LogP contribution in [0.25, 0.3) is 0 Å². The van der Waals surface area contributed by atoms with Gasteiger partial charge in [0.05, 0.1) is 12.7 Å². The number of hydrogen-bond donors (Lipinski definition) is 0. The molecule has 0 aromatic rings. The molecule has 0 saturated carbocycles. The van der Waals surface area contributed by atoms with Crippen molar-refractivity contribution in [3.63, 3.8) is 0 Å². The standard InChI is InChI=1S/C14H24O2/c1-4-14(16-3)12-10-8-6-5-7-9-11-13-15-2/h4,6,8-9,11,14H,1,5,7,10,12-13H2,2-3H3/b8-6-,11-9+. The zero-order valence-corrected chi connectivity index (χ0v) is 10.5. The minimum Gasteiger partial charge on any atom is -0.381 e. The second-order valence-electron chi connectivity index (χ2n) is 3.56. The molecule has 0 rings (SSSR count). The maximum absolute atomic E-state index is 5.19. The third-order valence-corrected chi connectivity index (χ3v) is 2.28. The first kappa shape index (κ1) is 15.1. The van der Waals surface area contributed by atoms with Crippen molar-refractivity contribution in [2.24, 2.45) is 0 Å². The molecule has 1 atom stereocenters. The van der Waals surface area contributed by atoms with Gasteiger partial charge in [-0.15, -0.1) is 6.58 Å². The number of rotatable bonds is 10. The topological polar surface area (TPSA) is 18.5 Å². The molecular formula is C14H24O2. The summed E-state index contributed by atoms with van der Waals surface area (Å²) >= 11 is 0. The quantitative estimate of drug-likeness (QED) is 0.417. The van der Waals surface area contributed by atoms with E-state index in [-0.39, 0.29) is 6.10 Å². The summed E-state index contributed by atoms with van der Waals surface area (Å²) in [5, 5.41) is 0. The van der Waals surface area contributed by atoms with Crippen LogP contribution in [0, 0.1) is 0 Å². The highest BCUT2D eigenvalue weighted by atomic mass is 16.5. The summed E-state index contributed by atoms with van der Waals surface area (Å²) in [4.78, 5) is 0. The monoisotopic (exact) mass is 224 g/mol. The lowest BCUT2D eigenvalue weighted by molar-refractivity contribution is 0.135. The SMILES string of the molecule is C=CC(CC/C=C\CC/C=C/COC)OC. The Morgan fingerprint density at radius 1 is 1.00 bits per heavy atom. The van der Waals surface area contributed by atoms with Gasteiger partial charge in [0.2, 0.25) is 0 Å². The summed E-state index contributed by atoms with van der Waals surface area (Å²) < 4.78 is 10.1. The molecular weight excluding hydrogens is 200 g/mol. The van der Waals surface area contributed by atoms with E-state index in [1.165, 1.54) is 0 Å². The minimum absolute atomic E-state index is 0.186. The van der Waals surface area contributed by atoms with Crippen molar-refractivity contribution in [2.45, 2.75) is 31.8 Å². The normalized spacial score (nSPS) is 13.6. The molecule has 16 heavy (non-hydrogen) atoms. The fraction of sp³-hybridized carbons (Fsp3) is 0.571. The molecule has 1 unspecified atom stereocenters. The van der Waals surface area contributed by atoms with Crippen molar-refractivity contribution < 1.29 is 9.47 Å². The van der Waals surface area contributed by atoms with Gasteiger partial charge in [-0.3, -0.25) is 0 Å². The number of hydrogen-bond acceptors (Lipinski definition) is 2. The highest BCUT2D eigenvalue weighted by Gasteiger charge is 1.97. The van der Waals surface area contributed by atoms with E-state index in [9.17, 15) is 0 Å². The number of allylic oxidation sites excluding steroid dienone is 3. The fourth-order valence-corrected chi connectivity index (χ4v) is 1.30. The van der Waals surface area contributed by atoms with Gasteiger partial charge >= 0.3 is 0 Å². The summed E-state index contributed by atoms with van der Waals surface area (Å²) in [6.45, 7) is 4.43. The smallest absolute Gasteiger partial charge is 0.0752 e. The van der Waals surface area contributed by atoms with Gasteiger partial charge in [0.1, 0.15) is 0 Å². The molecule has 0 saturated heterocycles. The lowest BCUT2D eigenvalue weighted by Gasteiger charge is -2.07. The van der Waals surface area contributed by atoms with E-state index in [2.05, 4.69) is 24.8 Å². The second-order valence-corrected chi connectivity index (χ2v) is 3.56. The van der Waals surface area contributed by atoms with Crippen LogP contribution in [0.4, 0.5) is 0 Å². The van der Waals surface area contributed by atoms with Crippen LogP contribution in [-0.2, 0) is 9.47 Å². The Morgan fingerprint density at radius 3 is 2.19 bits per heavy atom. The van der Waals surface area contributed by atoms with Crippen molar-refractivity contribution in [2.75, 3.05) is 20.8 Å². The fourth-order valence-electron chi connectivity index (χ4n) is 1.30. The van der Waals surface area contributed by atoms with Crippen molar-refractivity contribution >= 4 is 0 Å². The van der Waals surface area contributed by atoms with Crippen LogP contribution in [0.3, 0.4) is 0 Å². The third-order valence-electron chi connectivity index (χ3n) is 2.28. The number of methoxy groups -OCH3 is 2. The first-order valence-electron chi connectivity index (χ1n) is 5.79. The highest BCUT2D eigenvalue weighted by Crippen LogP contribution is 2.03. The predicted octanol–water partition coefficient (Wildman–Crippen LogP) is 3.51. The van der Waals surface area contributed by atoms with Crippen LogP contribution < -0.4 is 0 Å². The second kappa shape index (κ2) is 12.2. The van der Waals surface area contributed by atoms with E-state index in [1.54, 1.807) is 14.2 Å². The van der Waals surface area contributed by atoms with Crippen molar-refractivity contribution in [3.05, 3.63) is 37.0 Å². The van der Waals surface area contributed by atoms with E-state index in [4.69, 9.17) is 9.47 Å². The Kier molecular flexibility index (Phi) is 11.6. The zero-order valence-electron chi connectivity index (χ0n) is 10.5. The van der Waals surface area contributed by atoms with Crippen molar-refractivity contribution in [1.29, 1.82) is 0 Å². The van der Waals surface area contributed by atoms with E-state index in [1.807, 2.05) is 12.2 Å². The molecule has 0 aliphatic rings. The summed E-state index contributed by atoms with van der Waals surface area (Å²) in [5.74, 6) is 0. The summed E-state index contributed by atoms with van der Waals surface area (Å²) in [6, 6.07) is 0. The van der Waals surface area contributed by atoms with Gasteiger partial charge in [-0.05, 0) is 25.7 Å². The molecule has 0 fully saturated rings.